The number of halogens is 2. The van der Waals surface area contributed by atoms with Crippen LogP contribution in [0.15, 0.2) is 18.2 Å². The van der Waals surface area contributed by atoms with Gasteiger partial charge < -0.3 is 10.0 Å². The largest absolute Gasteiger partial charge is 0.481 e. The van der Waals surface area contributed by atoms with Gasteiger partial charge in [0.25, 0.3) is 0 Å². The highest BCUT2D eigenvalue weighted by Crippen LogP contribution is 2.34. The molecule has 0 bridgehead atoms. The molecule has 1 N–H and O–H groups in total. The van der Waals surface area contributed by atoms with Crippen molar-refractivity contribution in [2.45, 2.75) is 19.8 Å². The van der Waals surface area contributed by atoms with E-state index in [0.717, 1.165) is 23.8 Å². The SMILES string of the molecule is CC(CN(C(=O)C1CC1)c1ccc(F)cc1F)C(=O)O. The van der Waals surface area contributed by atoms with Crippen LogP contribution in [-0.2, 0) is 9.59 Å². The van der Waals surface area contributed by atoms with Gasteiger partial charge in [-0.3, -0.25) is 9.59 Å². The first-order valence-corrected chi connectivity index (χ1v) is 6.39. The Balaban J connectivity index is 2.29. The summed E-state index contributed by atoms with van der Waals surface area (Å²) in [5.74, 6) is -3.99. The number of carbonyl (C=O) groups excluding carboxylic acids is 1. The summed E-state index contributed by atoms with van der Waals surface area (Å²) in [7, 11) is 0. The number of nitrogens with zero attached hydrogens (tertiary/aromatic N) is 1. The minimum atomic E-state index is -1.07. The Kier molecular flexibility index (Phi) is 4.01. The normalized spacial score (nSPS) is 15.8. The van der Waals surface area contributed by atoms with Gasteiger partial charge in [-0.05, 0) is 25.0 Å². The number of hydrogen-bond acceptors (Lipinski definition) is 2. The van der Waals surface area contributed by atoms with Gasteiger partial charge in [-0.1, -0.05) is 6.92 Å². The summed E-state index contributed by atoms with van der Waals surface area (Å²) in [6, 6.07) is 2.91. The van der Waals surface area contributed by atoms with Gasteiger partial charge in [0.15, 0.2) is 0 Å². The first-order valence-electron chi connectivity index (χ1n) is 6.39. The molecule has 1 atom stereocenters. The Labute approximate surface area is 115 Å². The van der Waals surface area contributed by atoms with E-state index in [1.807, 2.05) is 0 Å². The second-order valence-electron chi connectivity index (χ2n) is 5.06. The molecule has 2 rings (SSSR count). The summed E-state index contributed by atoms with van der Waals surface area (Å²) >= 11 is 0. The summed E-state index contributed by atoms with van der Waals surface area (Å²) in [5.41, 5.74) is -0.0728. The van der Waals surface area contributed by atoms with E-state index in [1.54, 1.807) is 0 Å². The van der Waals surface area contributed by atoms with Gasteiger partial charge in [0, 0.05) is 18.5 Å². The van der Waals surface area contributed by atoms with Crippen molar-refractivity contribution in [2.24, 2.45) is 11.8 Å². The molecular weight excluding hydrogens is 268 g/mol. The lowest BCUT2D eigenvalue weighted by molar-refractivity contribution is -0.140. The molecule has 6 heteroatoms. The lowest BCUT2D eigenvalue weighted by Crippen LogP contribution is -2.38. The highest BCUT2D eigenvalue weighted by Gasteiger charge is 2.36. The van der Waals surface area contributed by atoms with Gasteiger partial charge in [0.1, 0.15) is 11.6 Å². The number of hydrogen-bond donors (Lipinski definition) is 1. The number of anilines is 1. The van der Waals surface area contributed by atoms with Crippen LogP contribution in [0.4, 0.5) is 14.5 Å². The Morgan fingerprint density at radius 2 is 2.05 bits per heavy atom. The average Bonchev–Trinajstić information content (AvgIpc) is 3.19. The molecule has 0 heterocycles. The Morgan fingerprint density at radius 1 is 1.40 bits per heavy atom. The predicted octanol–water partition coefficient (Wildman–Crippen LogP) is 2.43. The van der Waals surface area contributed by atoms with E-state index in [0.29, 0.717) is 6.07 Å². The zero-order valence-electron chi connectivity index (χ0n) is 11.0. The van der Waals surface area contributed by atoms with Crippen LogP contribution in [0.1, 0.15) is 19.8 Å². The maximum atomic E-state index is 13.8. The van der Waals surface area contributed by atoms with Gasteiger partial charge >= 0.3 is 5.97 Å². The Morgan fingerprint density at radius 3 is 2.55 bits per heavy atom. The predicted molar refractivity (Wildman–Crippen MR) is 68.2 cm³/mol. The molecule has 4 nitrogen and oxygen atoms in total. The molecule has 1 aliphatic rings. The third-order valence-electron chi connectivity index (χ3n) is 3.27. The molecule has 0 aromatic heterocycles. The van der Waals surface area contributed by atoms with E-state index < -0.39 is 23.5 Å². The first-order chi connectivity index (χ1) is 9.40. The van der Waals surface area contributed by atoms with Crippen LogP contribution in [0, 0.1) is 23.5 Å². The second-order valence-corrected chi connectivity index (χ2v) is 5.06. The maximum absolute atomic E-state index is 13.8. The smallest absolute Gasteiger partial charge is 0.308 e. The Bertz CT molecular complexity index is 543. The molecule has 1 aliphatic carbocycles. The maximum Gasteiger partial charge on any atom is 0.308 e. The first kappa shape index (κ1) is 14.4. The molecule has 108 valence electrons. The molecular formula is C14H15F2NO3. The van der Waals surface area contributed by atoms with E-state index in [2.05, 4.69) is 0 Å². The van der Waals surface area contributed by atoms with Crippen molar-refractivity contribution in [1.29, 1.82) is 0 Å². The third-order valence-corrected chi connectivity index (χ3v) is 3.27. The fourth-order valence-electron chi connectivity index (χ4n) is 1.91. The van der Waals surface area contributed by atoms with E-state index in [9.17, 15) is 18.4 Å². The lowest BCUT2D eigenvalue weighted by atomic mass is 10.1. The summed E-state index contributed by atoms with van der Waals surface area (Å²) in [6.45, 7) is 1.31. The fourth-order valence-corrected chi connectivity index (χ4v) is 1.91. The number of amides is 1. The van der Waals surface area contributed by atoms with Gasteiger partial charge in [0.2, 0.25) is 5.91 Å². The molecule has 0 radical (unpaired) electrons. The van der Waals surface area contributed by atoms with Crippen LogP contribution >= 0.6 is 0 Å². The van der Waals surface area contributed by atoms with Crippen molar-refractivity contribution in [3.8, 4) is 0 Å². The van der Waals surface area contributed by atoms with Crippen molar-refractivity contribution in [2.75, 3.05) is 11.4 Å². The van der Waals surface area contributed by atoms with Crippen molar-refractivity contribution in [3.05, 3.63) is 29.8 Å². The van der Waals surface area contributed by atoms with Crippen molar-refractivity contribution in [1.82, 2.24) is 0 Å². The molecule has 0 saturated heterocycles. The summed E-state index contributed by atoms with van der Waals surface area (Å²) in [6.07, 6.45) is 1.44. The van der Waals surface area contributed by atoms with E-state index in [4.69, 9.17) is 5.11 Å². The summed E-state index contributed by atoms with van der Waals surface area (Å²) < 4.78 is 26.8. The van der Waals surface area contributed by atoms with Crippen molar-refractivity contribution >= 4 is 17.6 Å². The van der Waals surface area contributed by atoms with Crippen molar-refractivity contribution < 1.29 is 23.5 Å². The Hall–Kier alpha value is -1.98. The van der Waals surface area contributed by atoms with Gasteiger partial charge in [-0.25, -0.2) is 8.78 Å². The minimum Gasteiger partial charge on any atom is -0.481 e. The number of aliphatic carboxylic acids is 1. The summed E-state index contributed by atoms with van der Waals surface area (Å²) in [5, 5.41) is 8.94. The highest BCUT2D eigenvalue weighted by atomic mass is 19.1. The van der Waals surface area contributed by atoms with Crippen LogP contribution in [-0.4, -0.2) is 23.5 Å². The number of carbonyl (C=O) groups is 2. The topological polar surface area (TPSA) is 57.6 Å². The van der Waals surface area contributed by atoms with Gasteiger partial charge in [0.05, 0.1) is 11.6 Å². The molecule has 20 heavy (non-hydrogen) atoms. The lowest BCUT2D eigenvalue weighted by Gasteiger charge is -2.25. The summed E-state index contributed by atoms with van der Waals surface area (Å²) in [4.78, 5) is 24.2. The third kappa shape index (κ3) is 3.12. The quantitative estimate of drug-likeness (QED) is 0.903. The van der Waals surface area contributed by atoms with Crippen LogP contribution in [0.5, 0.6) is 0 Å². The minimum absolute atomic E-state index is 0.0728. The average molecular weight is 283 g/mol. The van der Waals surface area contributed by atoms with Crippen LogP contribution in [0.2, 0.25) is 0 Å². The molecule has 0 aliphatic heterocycles. The molecule has 0 spiro atoms. The monoisotopic (exact) mass is 283 g/mol. The molecule has 1 aromatic rings. The zero-order chi connectivity index (χ0) is 14.9. The second kappa shape index (κ2) is 5.56. The van der Waals surface area contributed by atoms with Crippen molar-refractivity contribution in [3.63, 3.8) is 0 Å². The molecule has 1 saturated carbocycles. The van der Waals surface area contributed by atoms with Gasteiger partial charge in [-0.2, -0.15) is 0 Å². The number of carboxylic acid groups (broad SMARTS) is 1. The molecule has 1 unspecified atom stereocenters. The molecule has 1 fully saturated rings. The highest BCUT2D eigenvalue weighted by molar-refractivity contribution is 5.97. The van der Waals surface area contributed by atoms with Crippen LogP contribution in [0.3, 0.4) is 0 Å². The van der Waals surface area contributed by atoms with E-state index >= 15 is 0 Å². The van der Waals surface area contributed by atoms with Crippen LogP contribution < -0.4 is 4.90 Å². The van der Waals surface area contributed by atoms with E-state index in [1.165, 1.54) is 13.0 Å². The van der Waals surface area contributed by atoms with Crippen LogP contribution in [0.25, 0.3) is 0 Å². The molecule has 1 amide bonds. The standard InChI is InChI=1S/C14H15F2NO3/c1-8(14(19)20)7-17(13(18)9-2-3-9)12-5-4-10(15)6-11(12)16/h4-6,8-9H,2-3,7H2,1H3,(H,19,20). The van der Waals surface area contributed by atoms with Gasteiger partial charge in [-0.15, -0.1) is 0 Å². The number of carboxylic acids is 1. The van der Waals surface area contributed by atoms with E-state index in [-0.39, 0.29) is 24.1 Å². The fraction of sp³-hybridized carbons (Fsp3) is 0.429. The molecule has 1 aromatic carbocycles. The zero-order valence-corrected chi connectivity index (χ0v) is 11.0. The number of rotatable bonds is 5. The number of benzene rings is 1.